The Morgan fingerprint density at radius 1 is 1.11 bits per heavy atom. The first-order valence-corrected chi connectivity index (χ1v) is 6.75. The summed E-state index contributed by atoms with van der Waals surface area (Å²) in [6.45, 7) is 6.99. The van der Waals surface area contributed by atoms with E-state index in [1.54, 1.807) is 0 Å². The Labute approximate surface area is 114 Å². The van der Waals surface area contributed by atoms with Gasteiger partial charge in [0.1, 0.15) is 0 Å². The van der Waals surface area contributed by atoms with Crippen LogP contribution in [0.5, 0.6) is 0 Å². The number of aromatic nitrogens is 2. The van der Waals surface area contributed by atoms with Crippen LogP contribution in [0.15, 0.2) is 30.3 Å². The van der Waals surface area contributed by atoms with Crippen molar-refractivity contribution >= 4 is 0 Å². The Hall–Kier alpha value is -1.74. The molecular formula is C16H21N3. The van der Waals surface area contributed by atoms with Crippen molar-refractivity contribution in [3.63, 3.8) is 0 Å². The molecule has 0 saturated heterocycles. The van der Waals surface area contributed by atoms with Gasteiger partial charge in [0.15, 0.2) is 5.82 Å². The predicted octanol–water partition coefficient (Wildman–Crippen LogP) is 3.08. The van der Waals surface area contributed by atoms with Gasteiger partial charge in [-0.1, -0.05) is 38.1 Å². The Balaban J connectivity index is 2.35. The average Bonchev–Trinajstić information content (AvgIpc) is 2.39. The molecule has 0 atom stereocenters. The van der Waals surface area contributed by atoms with Gasteiger partial charge in [-0.2, -0.15) is 0 Å². The number of nitrogens with two attached hydrogens (primary N) is 1. The van der Waals surface area contributed by atoms with Crippen molar-refractivity contribution in [3.05, 3.63) is 47.3 Å². The molecular weight excluding hydrogens is 234 g/mol. The van der Waals surface area contributed by atoms with Crippen molar-refractivity contribution in [3.8, 4) is 11.4 Å². The molecule has 100 valence electrons. The first kappa shape index (κ1) is 13.7. The minimum absolute atomic E-state index is 0.414. The topological polar surface area (TPSA) is 51.8 Å². The number of aryl methyl sites for hydroxylation is 1. The monoisotopic (exact) mass is 255 g/mol. The highest BCUT2D eigenvalue weighted by atomic mass is 14.9. The van der Waals surface area contributed by atoms with Gasteiger partial charge >= 0.3 is 0 Å². The van der Waals surface area contributed by atoms with E-state index in [-0.39, 0.29) is 0 Å². The molecule has 1 aromatic heterocycles. The van der Waals surface area contributed by atoms with Gasteiger partial charge in [-0.3, -0.25) is 0 Å². The lowest BCUT2D eigenvalue weighted by Crippen LogP contribution is -2.03. The standard InChI is InChI=1S/C16H21N3/c1-11(2)15-10-12(3)18-16(19-15)14-6-4-13(5-7-14)8-9-17/h4-7,10-11H,8-9,17H2,1-3H3. The van der Waals surface area contributed by atoms with Crippen LogP contribution < -0.4 is 5.73 Å². The third-order valence-corrected chi connectivity index (χ3v) is 3.11. The average molecular weight is 255 g/mol. The van der Waals surface area contributed by atoms with Crippen LogP contribution >= 0.6 is 0 Å². The van der Waals surface area contributed by atoms with Crippen LogP contribution in [-0.2, 0) is 6.42 Å². The van der Waals surface area contributed by atoms with Gasteiger partial charge in [0.2, 0.25) is 0 Å². The van der Waals surface area contributed by atoms with Crippen LogP contribution in [0.4, 0.5) is 0 Å². The molecule has 3 heteroatoms. The van der Waals surface area contributed by atoms with Crippen LogP contribution in [0.1, 0.15) is 36.7 Å². The maximum absolute atomic E-state index is 5.56. The van der Waals surface area contributed by atoms with Crippen molar-refractivity contribution in [1.82, 2.24) is 9.97 Å². The maximum atomic E-state index is 5.56. The zero-order valence-corrected chi connectivity index (χ0v) is 11.9. The normalized spacial score (nSPS) is 11.0. The van der Waals surface area contributed by atoms with Crippen molar-refractivity contribution < 1.29 is 0 Å². The molecule has 0 spiro atoms. The molecule has 0 aliphatic rings. The lowest BCUT2D eigenvalue weighted by Gasteiger charge is -2.09. The first-order valence-electron chi connectivity index (χ1n) is 6.75. The largest absolute Gasteiger partial charge is 0.330 e. The molecule has 0 aliphatic heterocycles. The van der Waals surface area contributed by atoms with Crippen LogP contribution in [0.25, 0.3) is 11.4 Å². The molecule has 1 aromatic carbocycles. The Morgan fingerprint density at radius 2 is 1.79 bits per heavy atom. The summed E-state index contributed by atoms with van der Waals surface area (Å²) in [4.78, 5) is 9.17. The van der Waals surface area contributed by atoms with Crippen LogP contribution in [0, 0.1) is 6.92 Å². The fraction of sp³-hybridized carbons (Fsp3) is 0.375. The van der Waals surface area contributed by atoms with E-state index >= 15 is 0 Å². The predicted molar refractivity (Wildman–Crippen MR) is 79.1 cm³/mol. The molecule has 0 unspecified atom stereocenters. The fourth-order valence-corrected chi connectivity index (χ4v) is 2.00. The maximum Gasteiger partial charge on any atom is 0.159 e. The summed E-state index contributed by atoms with van der Waals surface area (Å²) >= 11 is 0. The molecule has 1 heterocycles. The minimum atomic E-state index is 0.414. The summed E-state index contributed by atoms with van der Waals surface area (Å²) in [7, 11) is 0. The Morgan fingerprint density at radius 3 is 2.37 bits per heavy atom. The van der Waals surface area contributed by atoms with E-state index in [0.717, 1.165) is 29.2 Å². The molecule has 19 heavy (non-hydrogen) atoms. The van der Waals surface area contributed by atoms with Gasteiger partial charge in [-0.25, -0.2) is 9.97 Å². The van der Waals surface area contributed by atoms with E-state index in [9.17, 15) is 0 Å². The summed E-state index contributed by atoms with van der Waals surface area (Å²) in [6, 6.07) is 10.4. The molecule has 2 aromatic rings. The van der Waals surface area contributed by atoms with Crippen molar-refractivity contribution in [1.29, 1.82) is 0 Å². The third kappa shape index (κ3) is 3.38. The third-order valence-electron chi connectivity index (χ3n) is 3.11. The van der Waals surface area contributed by atoms with E-state index in [1.165, 1.54) is 5.56 Å². The summed E-state index contributed by atoms with van der Waals surface area (Å²) in [5.74, 6) is 1.22. The second-order valence-electron chi connectivity index (χ2n) is 5.15. The first-order chi connectivity index (χ1) is 9.10. The second-order valence-corrected chi connectivity index (χ2v) is 5.15. The molecule has 3 nitrogen and oxygen atoms in total. The lowest BCUT2D eigenvalue weighted by atomic mass is 10.1. The summed E-state index contributed by atoms with van der Waals surface area (Å²) in [6.07, 6.45) is 0.909. The molecule has 0 amide bonds. The molecule has 2 N–H and O–H groups in total. The van der Waals surface area contributed by atoms with E-state index in [4.69, 9.17) is 5.73 Å². The molecule has 2 rings (SSSR count). The van der Waals surface area contributed by atoms with Crippen molar-refractivity contribution in [2.24, 2.45) is 5.73 Å². The fourth-order valence-electron chi connectivity index (χ4n) is 2.00. The quantitative estimate of drug-likeness (QED) is 0.913. The number of benzene rings is 1. The number of rotatable bonds is 4. The summed E-state index contributed by atoms with van der Waals surface area (Å²) in [5, 5.41) is 0. The lowest BCUT2D eigenvalue weighted by molar-refractivity contribution is 0.812. The molecule has 0 fully saturated rings. The van der Waals surface area contributed by atoms with Crippen molar-refractivity contribution in [2.75, 3.05) is 6.54 Å². The zero-order valence-electron chi connectivity index (χ0n) is 11.9. The second kappa shape index (κ2) is 5.93. The highest BCUT2D eigenvalue weighted by Gasteiger charge is 2.07. The van der Waals surface area contributed by atoms with E-state index < -0.39 is 0 Å². The van der Waals surface area contributed by atoms with Gasteiger partial charge in [-0.05, 0) is 37.4 Å². The van der Waals surface area contributed by atoms with Crippen LogP contribution in [-0.4, -0.2) is 16.5 Å². The van der Waals surface area contributed by atoms with Gasteiger partial charge in [0.25, 0.3) is 0 Å². The number of hydrogen-bond donors (Lipinski definition) is 1. The zero-order chi connectivity index (χ0) is 13.8. The Bertz CT molecular complexity index is 544. The van der Waals surface area contributed by atoms with E-state index in [1.807, 2.05) is 6.92 Å². The molecule has 0 bridgehead atoms. The Kier molecular flexibility index (Phi) is 4.27. The van der Waals surface area contributed by atoms with E-state index in [2.05, 4.69) is 54.1 Å². The smallest absolute Gasteiger partial charge is 0.159 e. The molecule has 0 aliphatic carbocycles. The van der Waals surface area contributed by atoms with Gasteiger partial charge < -0.3 is 5.73 Å². The summed E-state index contributed by atoms with van der Waals surface area (Å²) < 4.78 is 0. The number of nitrogens with zero attached hydrogens (tertiary/aromatic N) is 2. The van der Waals surface area contributed by atoms with Gasteiger partial charge in [-0.15, -0.1) is 0 Å². The summed E-state index contributed by atoms with van der Waals surface area (Å²) in [5.41, 5.74) is 9.98. The number of hydrogen-bond acceptors (Lipinski definition) is 3. The van der Waals surface area contributed by atoms with Crippen molar-refractivity contribution in [2.45, 2.75) is 33.1 Å². The van der Waals surface area contributed by atoms with Crippen LogP contribution in [0.2, 0.25) is 0 Å². The van der Waals surface area contributed by atoms with Crippen LogP contribution in [0.3, 0.4) is 0 Å². The SMILES string of the molecule is Cc1cc(C(C)C)nc(-c2ccc(CCN)cc2)n1. The van der Waals surface area contributed by atoms with Gasteiger partial charge in [0.05, 0.1) is 0 Å². The van der Waals surface area contributed by atoms with Gasteiger partial charge in [0, 0.05) is 17.0 Å². The highest BCUT2D eigenvalue weighted by Crippen LogP contribution is 2.20. The van der Waals surface area contributed by atoms with E-state index in [0.29, 0.717) is 12.5 Å². The molecule has 0 radical (unpaired) electrons. The minimum Gasteiger partial charge on any atom is -0.330 e. The molecule has 0 saturated carbocycles. The highest BCUT2D eigenvalue weighted by molar-refractivity contribution is 5.55.